The number of thiazole rings is 1. The van der Waals surface area contributed by atoms with Gasteiger partial charge in [-0.25, -0.2) is 13.1 Å². The molecule has 0 radical (unpaired) electrons. The molecule has 6 nitrogen and oxygen atoms in total. The Morgan fingerprint density at radius 2 is 2.14 bits per heavy atom. The van der Waals surface area contributed by atoms with Crippen molar-refractivity contribution in [3.63, 3.8) is 0 Å². The van der Waals surface area contributed by atoms with Gasteiger partial charge in [-0.2, -0.15) is 0 Å². The normalized spacial score (nSPS) is 12.2. The second-order valence-corrected chi connectivity index (χ2v) is 7.67. The van der Waals surface area contributed by atoms with Crippen molar-refractivity contribution < 1.29 is 12.8 Å². The van der Waals surface area contributed by atoms with E-state index < -0.39 is 10.0 Å². The molecule has 0 saturated heterocycles. The summed E-state index contributed by atoms with van der Waals surface area (Å²) in [5.74, 6) is 1.01. The number of hydrogen-bond donors (Lipinski definition) is 2. The van der Waals surface area contributed by atoms with Crippen LogP contribution in [-0.4, -0.2) is 19.4 Å². The van der Waals surface area contributed by atoms with Crippen LogP contribution in [0.2, 0.25) is 0 Å². The third kappa shape index (κ3) is 4.37. The highest BCUT2D eigenvalue weighted by atomic mass is 32.2. The molecule has 2 heterocycles. The van der Waals surface area contributed by atoms with E-state index in [-0.39, 0.29) is 11.4 Å². The summed E-state index contributed by atoms with van der Waals surface area (Å²) in [6.07, 6.45) is 1.65. The van der Waals surface area contributed by atoms with Gasteiger partial charge in [0, 0.05) is 29.7 Å². The fraction of sp³-hybridized carbons (Fsp3) is 0.462. The highest BCUT2D eigenvalue weighted by molar-refractivity contribution is 7.89. The third-order valence-corrected chi connectivity index (χ3v) is 5.11. The fourth-order valence-corrected chi connectivity index (χ4v) is 3.59. The predicted molar refractivity (Wildman–Crippen MR) is 81.6 cm³/mol. The van der Waals surface area contributed by atoms with Gasteiger partial charge < -0.3 is 9.73 Å². The van der Waals surface area contributed by atoms with Gasteiger partial charge in [-0.1, -0.05) is 13.8 Å². The maximum Gasteiger partial charge on any atom is 0.244 e. The molecule has 2 aromatic heterocycles. The zero-order chi connectivity index (χ0) is 15.5. The summed E-state index contributed by atoms with van der Waals surface area (Å²) >= 11 is 1.41. The molecule has 0 aliphatic rings. The van der Waals surface area contributed by atoms with Crippen molar-refractivity contribution in [3.05, 3.63) is 34.2 Å². The van der Waals surface area contributed by atoms with Gasteiger partial charge in [-0.3, -0.25) is 4.98 Å². The minimum absolute atomic E-state index is 0.188. The lowest BCUT2D eigenvalue weighted by Crippen LogP contribution is -2.23. The maximum absolute atomic E-state index is 12.3. The smallest absolute Gasteiger partial charge is 0.244 e. The summed E-state index contributed by atoms with van der Waals surface area (Å²) in [5, 5.41) is 3.19. The standard InChI is InChI=1S/C13H19N3O3S2/c1-9(2)15-5-11-4-13(10(3)19-11)21(17,18)16-7-12-6-14-8-20-12/h4,6,8-9,15-16H,5,7H2,1-3H3. The van der Waals surface area contributed by atoms with Crippen LogP contribution in [0.3, 0.4) is 0 Å². The number of aromatic nitrogens is 1. The molecule has 0 aromatic carbocycles. The van der Waals surface area contributed by atoms with Gasteiger partial charge >= 0.3 is 0 Å². The summed E-state index contributed by atoms with van der Waals surface area (Å²) in [7, 11) is -3.58. The van der Waals surface area contributed by atoms with Gasteiger partial charge in [0.15, 0.2) is 0 Å². The summed E-state index contributed by atoms with van der Waals surface area (Å²) < 4.78 is 32.6. The van der Waals surface area contributed by atoms with E-state index in [2.05, 4.69) is 15.0 Å². The zero-order valence-corrected chi connectivity index (χ0v) is 13.8. The van der Waals surface area contributed by atoms with Crippen molar-refractivity contribution in [2.45, 2.75) is 44.8 Å². The van der Waals surface area contributed by atoms with Gasteiger partial charge in [-0.15, -0.1) is 11.3 Å². The van der Waals surface area contributed by atoms with Gasteiger partial charge in [0.2, 0.25) is 10.0 Å². The Labute approximate surface area is 128 Å². The number of nitrogens with one attached hydrogen (secondary N) is 2. The van der Waals surface area contributed by atoms with Gasteiger partial charge in [0.05, 0.1) is 12.1 Å². The van der Waals surface area contributed by atoms with Crippen LogP contribution < -0.4 is 10.0 Å². The Balaban J connectivity index is 2.08. The summed E-state index contributed by atoms with van der Waals surface area (Å²) in [6, 6.07) is 1.87. The summed E-state index contributed by atoms with van der Waals surface area (Å²) in [6.45, 7) is 6.42. The van der Waals surface area contributed by atoms with Crippen LogP contribution >= 0.6 is 11.3 Å². The molecule has 8 heteroatoms. The molecule has 2 rings (SSSR count). The van der Waals surface area contributed by atoms with Crippen LogP contribution in [0.15, 0.2) is 27.1 Å². The van der Waals surface area contributed by atoms with Crippen molar-refractivity contribution in [2.24, 2.45) is 0 Å². The molecule has 0 atom stereocenters. The molecule has 21 heavy (non-hydrogen) atoms. The van der Waals surface area contributed by atoms with E-state index >= 15 is 0 Å². The van der Waals surface area contributed by atoms with E-state index in [0.29, 0.717) is 24.1 Å². The topological polar surface area (TPSA) is 84.2 Å². The summed E-state index contributed by atoms with van der Waals surface area (Å²) in [5.41, 5.74) is 1.67. The first-order valence-electron chi connectivity index (χ1n) is 6.58. The van der Waals surface area contributed by atoms with E-state index in [0.717, 1.165) is 4.88 Å². The summed E-state index contributed by atoms with van der Waals surface area (Å²) in [4.78, 5) is 4.96. The van der Waals surface area contributed by atoms with Crippen molar-refractivity contribution >= 4 is 21.4 Å². The lowest BCUT2D eigenvalue weighted by molar-refractivity contribution is 0.444. The highest BCUT2D eigenvalue weighted by Crippen LogP contribution is 2.20. The molecule has 0 saturated carbocycles. The number of furan rings is 1. The van der Waals surface area contributed by atoms with Gasteiger partial charge in [0.1, 0.15) is 16.4 Å². The van der Waals surface area contributed by atoms with Crippen LogP contribution in [0, 0.1) is 6.92 Å². The highest BCUT2D eigenvalue weighted by Gasteiger charge is 2.21. The number of hydrogen-bond acceptors (Lipinski definition) is 6. The first kappa shape index (κ1) is 16.2. The number of rotatable bonds is 7. The molecule has 2 N–H and O–H groups in total. The first-order valence-corrected chi connectivity index (χ1v) is 8.94. The molecule has 0 amide bonds. The second-order valence-electron chi connectivity index (χ2n) is 4.96. The zero-order valence-electron chi connectivity index (χ0n) is 12.2. The lowest BCUT2D eigenvalue weighted by atomic mass is 10.3. The molecule has 2 aromatic rings. The minimum atomic E-state index is -3.58. The van der Waals surface area contributed by atoms with E-state index in [4.69, 9.17) is 4.42 Å². The number of aryl methyl sites for hydroxylation is 1. The van der Waals surface area contributed by atoms with Crippen molar-refractivity contribution in [1.29, 1.82) is 0 Å². The van der Waals surface area contributed by atoms with Crippen LogP contribution in [0.4, 0.5) is 0 Å². The Morgan fingerprint density at radius 1 is 1.38 bits per heavy atom. The molecule has 0 bridgehead atoms. The molecule has 0 aliphatic carbocycles. The molecular weight excluding hydrogens is 310 g/mol. The largest absolute Gasteiger partial charge is 0.464 e. The SMILES string of the molecule is Cc1oc(CNC(C)C)cc1S(=O)(=O)NCc1cncs1. The number of sulfonamides is 1. The molecule has 0 fully saturated rings. The van der Waals surface area contributed by atoms with Crippen LogP contribution in [0.5, 0.6) is 0 Å². The van der Waals surface area contributed by atoms with E-state index in [1.165, 1.54) is 11.3 Å². The Hall–Kier alpha value is -1.22. The fourth-order valence-electron chi connectivity index (χ4n) is 1.76. The van der Waals surface area contributed by atoms with E-state index in [9.17, 15) is 8.42 Å². The molecule has 116 valence electrons. The average molecular weight is 329 g/mol. The minimum Gasteiger partial charge on any atom is -0.464 e. The van der Waals surface area contributed by atoms with Crippen LogP contribution in [0.25, 0.3) is 0 Å². The molecule has 0 unspecified atom stereocenters. The van der Waals surface area contributed by atoms with Crippen LogP contribution in [0.1, 0.15) is 30.2 Å². The average Bonchev–Trinajstić information content (AvgIpc) is 3.03. The Kier molecular flexibility index (Phi) is 5.15. The second kappa shape index (κ2) is 6.69. The Morgan fingerprint density at radius 3 is 2.76 bits per heavy atom. The predicted octanol–water partition coefficient (Wildman–Crippen LogP) is 2.02. The lowest BCUT2D eigenvalue weighted by Gasteiger charge is -2.04. The van der Waals surface area contributed by atoms with Gasteiger partial charge in [0.25, 0.3) is 0 Å². The maximum atomic E-state index is 12.3. The quantitative estimate of drug-likeness (QED) is 0.812. The number of nitrogens with zero attached hydrogens (tertiary/aromatic N) is 1. The van der Waals surface area contributed by atoms with E-state index in [1.54, 1.807) is 24.7 Å². The monoisotopic (exact) mass is 329 g/mol. The van der Waals surface area contributed by atoms with Gasteiger partial charge in [-0.05, 0) is 6.92 Å². The van der Waals surface area contributed by atoms with Crippen molar-refractivity contribution in [2.75, 3.05) is 0 Å². The molecular formula is C13H19N3O3S2. The van der Waals surface area contributed by atoms with E-state index in [1.807, 2.05) is 13.8 Å². The van der Waals surface area contributed by atoms with Crippen LogP contribution in [-0.2, 0) is 23.1 Å². The first-order chi connectivity index (χ1) is 9.88. The van der Waals surface area contributed by atoms with Crippen molar-refractivity contribution in [3.8, 4) is 0 Å². The molecule has 0 spiro atoms. The Bertz CT molecular complexity index is 676. The third-order valence-electron chi connectivity index (χ3n) is 2.82. The van der Waals surface area contributed by atoms with Crippen molar-refractivity contribution in [1.82, 2.24) is 15.0 Å². The molecule has 0 aliphatic heterocycles.